The Morgan fingerprint density at radius 1 is 1.25 bits per heavy atom. The molecule has 0 aromatic heterocycles. The second-order valence-electron chi connectivity index (χ2n) is 9.54. The summed E-state index contributed by atoms with van der Waals surface area (Å²) in [6, 6.07) is 1.85. The molecule has 1 fully saturated rings. The van der Waals surface area contributed by atoms with Crippen LogP contribution in [0.5, 0.6) is 5.75 Å². The van der Waals surface area contributed by atoms with Crippen LogP contribution in [0.3, 0.4) is 0 Å². The van der Waals surface area contributed by atoms with Crippen LogP contribution in [0.25, 0.3) is 5.76 Å². The summed E-state index contributed by atoms with van der Waals surface area (Å²) >= 11 is 0. The Labute approximate surface area is 207 Å². The number of carbonyl (C=O) groups excluding carboxylic acids is 3. The molecule has 0 spiro atoms. The number of phenolic OH excluding ortho intramolecular Hbond substituents is 1. The lowest BCUT2D eigenvalue weighted by Crippen LogP contribution is -2.65. The summed E-state index contributed by atoms with van der Waals surface area (Å²) in [6.45, 7) is 3.83. The molecule has 3 aliphatic carbocycles. The Morgan fingerprint density at radius 2 is 1.92 bits per heavy atom. The van der Waals surface area contributed by atoms with Crippen LogP contribution >= 0.6 is 0 Å². The van der Waals surface area contributed by atoms with E-state index in [1.54, 1.807) is 34.0 Å². The maximum absolute atomic E-state index is 13.8. The van der Waals surface area contributed by atoms with E-state index in [4.69, 9.17) is 10.6 Å². The second-order valence-corrected chi connectivity index (χ2v) is 9.54. The first-order valence-corrected chi connectivity index (χ1v) is 11.5. The van der Waals surface area contributed by atoms with Gasteiger partial charge in [-0.2, -0.15) is 0 Å². The number of aliphatic hydroxyl groups excluding tert-OH is 2. The zero-order valence-electron chi connectivity index (χ0n) is 20.4. The topological polar surface area (TPSA) is 183 Å². The normalized spacial score (nSPS) is 28.2. The number of carbonyl (C=O) groups is 3. The Hall–Kier alpha value is -3.70. The molecule has 0 saturated heterocycles. The van der Waals surface area contributed by atoms with Gasteiger partial charge in [-0.15, -0.1) is 0 Å². The minimum atomic E-state index is -2.66. The third kappa shape index (κ3) is 3.41. The summed E-state index contributed by atoms with van der Waals surface area (Å²) < 4.78 is 0. The Kier molecular flexibility index (Phi) is 6.17. The number of ketones is 2. The number of oxime groups is 1. The van der Waals surface area contributed by atoms with Crippen molar-refractivity contribution in [2.75, 3.05) is 20.7 Å². The molecule has 1 saturated carbocycles. The molecule has 0 aliphatic heterocycles. The van der Waals surface area contributed by atoms with Gasteiger partial charge in [0.1, 0.15) is 29.4 Å². The molecule has 4 atom stereocenters. The van der Waals surface area contributed by atoms with Crippen LogP contribution in [0.2, 0.25) is 0 Å². The molecule has 192 valence electrons. The highest BCUT2D eigenvalue weighted by Gasteiger charge is 2.64. The smallest absolute Gasteiger partial charge is 0.255 e. The van der Waals surface area contributed by atoms with E-state index in [9.17, 15) is 34.8 Å². The lowest BCUT2D eigenvalue weighted by Gasteiger charge is -2.50. The first-order valence-electron chi connectivity index (χ1n) is 11.5. The van der Waals surface area contributed by atoms with Gasteiger partial charge in [0.15, 0.2) is 11.4 Å². The van der Waals surface area contributed by atoms with E-state index in [2.05, 4.69) is 5.16 Å². The van der Waals surface area contributed by atoms with E-state index in [0.717, 1.165) is 0 Å². The van der Waals surface area contributed by atoms with Crippen LogP contribution in [0.4, 0.5) is 0 Å². The third-order valence-electron chi connectivity index (χ3n) is 7.32. The van der Waals surface area contributed by atoms with E-state index >= 15 is 0 Å². The molecule has 0 bridgehead atoms. The van der Waals surface area contributed by atoms with E-state index < -0.39 is 58.0 Å². The van der Waals surface area contributed by atoms with Gasteiger partial charge in [0.05, 0.1) is 17.3 Å². The van der Waals surface area contributed by atoms with E-state index in [1.165, 1.54) is 11.0 Å². The van der Waals surface area contributed by atoms with E-state index in [0.29, 0.717) is 23.4 Å². The molecule has 0 radical (unpaired) electrons. The van der Waals surface area contributed by atoms with Crippen molar-refractivity contribution in [3.63, 3.8) is 0 Å². The zero-order chi connectivity index (χ0) is 26.7. The summed E-state index contributed by atoms with van der Waals surface area (Å²) in [5, 5.41) is 48.3. The lowest BCUT2D eigenvalue weighted by atomic mass is 9.57. The molecule has 1 aromatic carbocycles. The third-order valence-corrected chi connectivity index (χ3v) is 7.32. The molecular formula is C25H29N3O8. The van der Waals surface area contributed by atoms with Crippen LogP contribution in [0.15, 0.2) is 34.2 Å². The van der Waals surface area contributed by atoms with Crippen molar-refractivity contribution in [1.29, 1.82) is 0 Å². The van der Waals surface area contributed by atoms with Gasteiger partial charge in [-0.05, 0) is 64.4 Å². The van der Waals surface area contributed by atoms with Crippen LogP contribution in [-0.4, -0.2) is 80.9 Å². The molecule has 11 heteroatoms. The minimum absolute atomic E-state index is 0.00911. The highest BCUT2D eigenvalue weighted by atomic mass is 16.6. The van der Waals surface area contributed by atoms with Crippen molar-refractivity contribution >= 4 is 28.9 Å². The Morgan fingerprint density at radius 3 is 2.50 bits per heavy atom. The molecule has 0 heterocycles. The average molecular weight is 500 g/mol. The van der Waals surface area contributed by atoms with Gasteiger partial charge in [-0.3, -0.25) is 19.3 Å². The van der Waals surface area contributed by atoms with Crippen molar-refractivity contribution in [3.8, 4) is 5.75 Å². The first-order chi connectivity index (χ1) is 16.9. The van der Waals surface area contributed by atoms with Crippen molar-refractivity contribution in [2.24, 2.45) is 22.7 Å². The van der Waals surface area contributed by atoms with Crippen molar-refractivity contribution < 1.29 is 39.6 Å². The van der Waals surface area contributed by atoms with Crippen LogP contribution in [0.1, 0.15) is 37.0 Å². The van der Waals surface area contributed by atoms with Crippen LogP contribution in [-0.2, 0) is 25.6 Å². The lowest BCUT2D eigenvalue weighted by molar-refractivity contribution is -0.153. The maximum Gasteiger partial charge on any atom is 0.255 e. The molecule has 3 aliphatic rings. The molecule has 1 amide bonds. The number of aliphatic hydroxyl groups is 3. The number of aromatic hydroxyl groups is 1. The quantitative estimate of drug-likeness (QED) is 0.221. The number of rotatable bonds is 5. The number of phenols is 1. The van der Waals surface area contributed by atoms with Crippen molar-refractivity contribution in [3.05, 3.63) is 45.7 Å². The number of fused-ring (bicyclic) bond motifs is 3. The molecule has 1 aromatic rings. The molecular weight excluding hydrogens is 470 g/mol. The van der Waals surface area contributed by atoms with Gasteiger partial charge in [-0.1, -0.05) is 5.16 Å². The van der Waals surface area contributed by atoms with E-state index in [-0.39, 0.29) is 29.7 Å². The molecule has 6 N–H and O–H groups in total. The van der Waals surface area contributed by atoms with Crippen molar-refractivity contribution in [2.45, 2.75) is 38.3 Å². The average Bonchev–Trinajstić information content (AvgIpc) is 2.79. The van der Waals surface area contributed by atoms with Gasteiger partial charge < -0.3 is 31.0 Å². The minimum Gasteiger partial charge on any atom is -0.508 e. The number of amides is 1. The summed E-state index contributed by atoms with van der Waals surface area (Å²) in [4.78, 5) is 45.6. The largest absolute Gasteiger partial charge is 0.508 e. The highest BCUT2D eigenvalue weighted by molar-refractivity contribution is 6.24. The number of hydrogen-bond acceptors (Lipinski definition) is 10. The second kappa shape index (κ2) is 8.75. The number of benzene rings is 1. The number of hydrogen-bond donors (Lipinski definition) is 5. The first kappa shape index (κ1) is 25.4. The number of nitrogens with two attached hydrogens (primary N) is 1. The number of likely N-dealkylation sites (N-methyl/N-ethyl adjacent to an activating group) is 1. The Bertz CT molecular complexity index is 1280. The molecule has 1 unspecified atom stereocenters. The van der Waals surface area contributed by atoms with Crippen LogP contribution in [0, 0.1) is 11.8 Å². The number of Topliss-reactive ketones (excluding diaryl/α,β-unsaturated/α-hetero) is 2. The summed E-state index contributed by atoms with van der Waals surface area (Å²) in [5.74, 6) is -6.85. The van der Waals surface area contributed by atoms with E-state index in [1.807, 2.05) is 0 Å². The standard InChI is InChI=1S/C25H29N3O8/c1-5-36-27-10(2)12-6-7-15(29)17-13(12)8-11-9-14-19(28(3)4)21(31)18(24(26)34)23(33)25(14,35)22(32)16(11)20(17)30/h6-7,11,14,19,29-30,33,35H,5,8-9H2,1-4H3,(H2,26,34)/b27-10+/t11-,14-,19?,25-/m0/s1. The highest BCUT2D eigenvalue weighted by Crippen LogP contribution is 2.52. The zero-order valence-corrected chi connectivity index (χ0v) is 20.4. The van der Waals surface area contributed by atoms with Crippen molar-refractivity contribution in [1.82, 2.24) is 4.90 Å². The van der Waals surface area contributed by atoms with Gasteiger partial charge >= 0.3 is 0 Å². The summed E-state index contributed by atoms with van der Waals surface area (Å²) in [6.07, 6.45) is 0.194. The van der Waals surface area contributed by atoms with Gasteiger partial charge in [0.25, 0.3) is 5.91 Å². The fraction of sp³-hybridized carbons (Fsp3) is 0.440. The predicted molar refractivity (Wildman–Crippen MR) is 128 cm³/mol. The Balaban J connectivity index is 1.96. The predicted octanol–water partition coefficient (Wildman–Crippen LogP) is 0.725. The summed E-state index contributed by atoms with van der Waals surface area (Å²) in [7, 11) is 3.11. The van der Waals surface area contributed by atoms with Crippen LogP contribution < -0.4 is 5.73 Å². The summed E-state index contributed by atoms with van der Waals surface area (Å²) in [5.41, 5.74) is 3.25. The number of primary amides is 1. The fourth-order valence-corrected chi connectivity index (χ4v) is 5.79. The maximum atomic E-state index is 13.8. The number of nitrogens with zero attached hydrogens (tertiary/aromatic N) is 2. The SMILES string of the molecule is CCO/N=C(\C)c1ccc(O)c2c1C[C@H]1C[C@H]3C(N(C)C)C(=O)C(C(N)=O)=C(O)[C@@]3(O)C(=O)C1=C2O. The fourth-order valence-electron chi connectivity index (χ4n) is 5.79. The van der Waals surface area contributed by atoms with Gasteiger partial charge in [-0.25, -0.2) is 0 Å². The van der Waals surface area contributed by atoms with Gasteiger partial charge in [0, 0.05) is 17.1 Å². The monoisotopic (exact) mass is 499 g/mol. The molecule has 36 heavy (non-hydrogen) atoms. The van der Waals surface area contributed by atoms with Gasteiger partial charge in [0.2, 0.25) is 5.78 Å². The molecule has 4 rings (SSSR count). The molecule has 11 nitrogen and oxygen atoms in total.